The van der Waals surface area contributed by atoms with E-state index in [0.29, 0.717) is 32.1 Å². The molecule has 14 heteroatoms. The number of carbonyl (C=O) groups excluding carboxylic acids is 2. The maximum atomic E-state index is 13.2. The molecule has 2 aliphatic rings. The number of hydrogen-bond donors (Lipinski definition) is 1. The molecule has 0 spiro atoms. The fraction of sp³-hybridized carbons (Fsp3) is 0.550. The normalized spacial score (nSPS) is 18.3. The lowest BCUT2D eigenvalue weighted by Gasteiger charge is -2.29. The third-order valence-electron chi connectivity index (χ3n) is 9.32. The molecule has 54 heavy (non-hydrogen) atoms. The van der Waals surface area contributed by atoms with Crippen molar-refractivity contribution in [3.63, 3.8) is 0 Å². The second-order valence-corrected chi connectivity index (χ2v) is 21.6. The quantitative estimate of drug-likeness (QED) is 0.158. The van der Waals surface area contributed by atoms with E-state index in [2.05, 4.69) is 28.7 Å². The topological polar surface area (TPSA) is 141 Å². The Kier molecular flexibility index (Phi) is 11.4. The first-order valence-electron chi connectivity index (χ1n) is 18.7. The molecule has 2 amide bonds. The SMILES string of the molecule is CC(C)(C)OC(=O)N1CCC[C@H]1c1ncc(-c2ccc(-c3cnc(-c4cnc([C@@H]5CCCN5C(=O)OC(C)(C)C)n4COCCS(C)(C)C)cn3)cc2)[nH]1. The fourth-order valence-electron chi connectivity index (χ4n) is 6.71. The van der Waals surface area contributed by atoms with E-state index in [1.807, 2.05) is 76.6 Å². The molecule has 0 radical (unpaired) electrons. The molecular weight excluding hydrogens is 705 g/mol. The van der Waals surface area contributed by atoms with Crippen molar-refractivity contribution >= 4 is 22.2 Å². The van der Waals surface area contributed by atoms with Crippen LogP contribution in [0, 0.1) is 0 Å². The smallest absolute Gasteiger partial charge is 0.410 e. The molecule has 2 fully saturated rings. The summed E-state index contributed by atoms with van der Waals surface area (Å²) in [6.45, 7) is 13.4. The first-order valence-corrected chi connectivity index (χ1v) is 21.7. The molecule has 292 valence electrons. The number of imidazole rings is 2. The van der Waals surface area contributed by atoms with Gasteiger partial charge < -0.3 is 23.8 Å². The van der Waals surface area contributed by atoms with Crippen molar-refractivity contribution in [3.05, 3.63) is 60.7 Å². The second-order valence-electron chi connectivity index (χ2n) is 17.0. The molecule has 0 unspecified atom stereocenters. The maximum Gasteiger partial charge on any atom is 0.410 e. The highest BCUT2D eigenvalue weighted by Gasteiger charge is 2.37. The predicted octanol–water partition coefficient (Wildman–Crippen LogP) is 8.21. The molecule has 2 atom stereocenters. The van der Waals surface area contributed by atoms with Gasteiger partial charge in [0.25, 0.3) is 0 Å². The molecule has 0 aliphatic carbocycles. The Morgan fingerprint density at radius 2 is 1.33 bits per heavy atom. The number of nitrogens with one attached hydrogen (secondary N) is 1. The van der Waals surface area contributed by atoms with E-state index in [-0.39, 0.29) is 24.3 Å². The first-order chi connectivity index (χ1) is 25.5. The van der Waals surface area contributed by atoms with Gasteiger partial charge in [-0.3, -0.25) is 19.8 Å². The average molecular weight is 761 g/mol. The molecule has 3 aromatic heterocycles. The molecule has 6 rings (SSSR count). The Morgan fingerprint density at radius 3 is 1.93 bits per heavy atom. The number of rotatable bonds is 10. The van der Waals surface area contributed by atoms with Gasteiger partial charge in [-0.2, -0.15) is 0 Å². The van der Waals surface area contributed by atoms with E-state index < -0.39 is 21.2 Å². The summed E-state index contributed by atoms with van der Waals surface area (Å²) in [5.74, 6) is 2.50. The van der Waals surface area contributed by atoms with Crippen LogP contribution in [-0.2, 0) is 20.9 Å². The van der Waals surface area contributed by atoms with Gasteiger partial charge >= 0.3 is 12.2 Å². The summed E-state index contributed by atoms with van der Waals surface area (Å²) in [5.41, 5.74) is 3.80. The van der Waals surface area contributed by atoms with E-state index >= 15 is 0 Å². The zero-order valence-electron chi connectivity index (χ0n) is 33.2. The number of ether oxygens (including phenoxy) is 3. The van der Waals surface area contributed by atoms with Crippen molar-refractivity contribution in [1.29, 1.82) is 0 Å². The minimum atomic E-state index is -0.717. The zero-order valence-corrected chi connectivity index (χ0v) is 34.0. The minimum Gasteiger partial charge on any atom is -0.444 e. The van der Waals surface area contributed by atoms with Crippen LogP contribution in [-0.4, -0.2) is 107 Å². The molecule has 0 saturated carbocycles. The van der Waals surface area contributed by atoms with Crippen LogP contribution < -0.4 is 0 Å². The van der Waals surface area contributed by atoms with Gasteiger partial charge in [-0.05, 0) is 91.6 Å². The van der Waals surface area contributed by atoms with Gasteiger partial charge in [-0.25, -0.2) is 29.6 Å². The summed E-state index contributed by atoms with van der Waals surface area (Å²) >= 11 is 0. The minimum absolute atomic E-state index is 0.146. The van der Waals surface area contributed by atoms with Crippen LogP contribution in [0.4, 0.5) is 9.59 Å². The summed E-state index contributed by atoms with van der Waals surface area (Å²) in [4.78, 5) is 52.2. The van der Waals surface area contributed by atoms with E-state index in [1.54, 1.807) is 28.4 Å². The lowest BCUT2D eigenvalue weighted by Crippen LogP contribution is -2.37. The molecule has 2 aliphatic heterocycles. The number of hydrogen-bond acceptors (Lipinski definition) is 9. The van der Waals surface area contributed by atoms with Crippen LogP contribution in [0.1, 0.15) is 91.0 Å². The van der Waals surface area contributed by atoms with E-state index in [9.17, 15) is 9.59 Å². The average Bonchev–Trinajstić information content (AvgIpc) is 3.91. The Balaban J connectivity index is 1.18. The molecule has 13 nitrogen and oxygen atoms in total. The number of amides is 2. The van der Waals surface area contributed by atoms with Gasteiger partial charge in [-0.15, -0.1) is 0 Å². The number of nitrogens with zero attached hydrogens (tertiary/aromatic N) is 7. The van der Waals surface area contributed by atoms with Gasteiger partial charge in [0.1, 0.15) is 35.3 Å². The van der Waals surface area contributed by atoms with Gasteiger partial charge in [0.15, 0.2) is 0 Å². The van der Waals surface area contributed by atoms with Crippen molar-refractivity contribution in [2.24, 2.45) is 0 Å². The fourth-order valence-corrected chi connectivity index (χ4v) is 7.33. The summed E-state index contributed by atoms with van der Waals surface area (Å²) in [6.07, 6.45) is 16.7. The Bertz CT molecular complexity index is 1900. The monoisotopic (exact) mass is 760 g/mol. The molecule has 2 saturated heterocycles. The van der Waals surface area contributed by atoms with Gasteiger partial charge in [0.2, 0.25) is 0 Å². The van der Waals surface area contributed by atoms with E-state index in [0.717, 1.165) is 71.3 Å². The van der Waals surface area contributed by atoms with Gasteiger partial charge in [0, 0.05) is 24.4 Å². The Labute approximate surface area is 320 Å². The van der Waals surface area contributed by atoms with Gasteiger partial charge in [-0.1, -0.05) is 24.3 Å². The van der Waals surface area contributed by atoms with Crippen molar-refractivity contribution in [2.75, 3.05) is 44.2 Å². The highest BCUT2D eigenvalue weighted by atomic mass is 32.3. The highest BCUT2D eigenvalue weighted by Crippen LogP contribution is 2.37. The third kappa shape index (κ3) is 9.62. The molecule has 5 heterocycles. The molecule has 4 aromatic rings. The zero-order chi connectivity index (χ0) is 38.8. The summed E-state index contributed by atoms with van der Waals surface area (Å²) in [5, 5.41) is 0. The number of aromatic nitrogens is 6. The summed E-state index contributed by atoms with van der Waals surface area (Å²) in [6, 6.07) is 7.70. The molecule has 1 N–H and O–H groups in total. The number of likely N-dealkylation sites (tertiary alicyclic amines) is 2. The second kappa shape index (κ2) is 15.7. The molecular formula is C40H56N8O5S. The summed E-state index contributed by atoms with van der Waals surface area (Å²) < 4.78 is 19.7. The number of H-pyrrole nitrogens is 1. The summed E-state index contributed by atoms with van der Waals surface area (Å²) in [7, 11) is -0.717. The number of aromatic amines is 1. The van der Waals surface area contributed by atoms with Crippen LogP contribution in [0.25, 0.3) is 33.9 Å². The highest BCUT2D eigenvalue weighted by molar-refractivity contribution is 8.32. The Morgan fingerprint density at radius 1 is 0.759 bits per heavy atom. The van der Waals surface area contributed by atoms with Crippen LogP contribution >= 0.6 is 10.0 Å². The van der Waals surface area contributed by atoms with Crippen molar-refractivity contribution in [2.45, 2.75) is 97.2 Å². The van der Waals surface area contributed by atoms with Crippen LogP contribution in [0.3, 0.4) is 0 Å². The van der Waals surface area contributed by atoms with Crippen molar-refractivity contribution in [3.8, 4) is 33.9 Å². The first kappa shape index (κ1) is 39.3. The predicted molar refractivity (Wildman–Crippen MR) is 212 cm³/mol. The number of benzene rings is 1. The lowest BCUT2D eigenvalue weighted by molar-refractivity contribution is 0.0199. The molecule has 1 aromatic carbocycles. The number of carbonyl (C=O) groups is 2. The van der Waals surface area contributed by atoms with Crippen LogP contribution in [0.2, 0.25) is 0 Å². The van der Waals surface area contributed by atoms with Crippen LogP contribution in [0.5, 0.6) is 0 Å². The van der Waals surface area contributed by atoms with Crippen molar-refractivity contribution in [1.82, 2.24) is 39.3 Å². The van der Waals surface area contributed by atoms with Crippen molar-refractivity contribution < 1.29 is 23.8 Å². The van der Waals surface area contributed by atoms with Gasteiger partial charge in [0.05, 0.1) is 60.6 Å². The van der Waals surface area contributed by atoms with E-state index in [4.69, 9.17) is 29.2 Å². The molecule has 0 bridgehead atoms. The van der Waals surface area contributed by atoms with E-state index in [1.165, 1.54) is 0 Å². The Hall–Kier alpha value is -4.43. The largest absolute Gasteiger partial charge is 0.444 e. The third-order valence-corrected chi connectivity index (χ3v) is 10.7. The standard InChI is InChI=1S/C40H56N8O5S/c1-39(2,3)52-37(49)46-18-10-12-32(46)35-43-23-30(45-35)28-16-14-27(15-17-28)29-22-42-31(24-41-29)34-25-44-36(48(34)26-51-20-21-54(7,8)9)33-13-11-19-47(33)38(50)53-40(4,5)6/h14-17,22-25,32-33H,10-13,18-21,26H2,1-9H3,(H,43,45)/t32-,33-/m0/s1. The van der Waals surface area contributed by atoms with Crippen LogP contribution in [0.15, 0.2) is 49.1 Å². The maximum absolute atomic E-state index is 13.2. The lowest BCUT2D eigenvalue weighted by atomic mass is 10.1.